The van der Waals surface area contributed by atoms with Gasteiger partial charge >= 0.3 is 5.97 Å². The van der Waals surface area contributed by atoms with Crippen LogP contribution in [0.2, 0.25) is 0 Å². The first-order chi connectivity index (χ1) is 5.81. The van der Waals surface area contributed by atoms with Gasteiger partial charge in [-0.2, -0.15) is 5.26 Å². The summed E-state index contributed by atoms with van der Waals surface area (Å²) in [4.78, 5) is 10.6. The van der Waals surface area contributed by atoms with Crippen LogP contribution < -0.4 is 0 Å². The highest BCUT2D eigenvalue weighted by Crippen LogP contribution is 1.84. The van der Waals surface area contributed by atoms with E-state index >= 15 is 0 Å². The molecule has 0 rings (SSSR count). The van der Waals surface area contributed by atoms with Crippen molar-refractivity contribution in [1.82, 2.24) is 0 Å². The Bertz CT molecular complexity index is 193. The van der Waals surface area contributed by atoms with Crippen LogP contribution in [0.1, 0.15) is 13.3 Å². The Morgan fingerprint density at radius 1 is 1.67 bits per heavy atom. The van der Waals surface area contributed by atoms with Gasteiger partial charge in [0.05, 0.1) is 12.7 Å². The zero-order valence-electron chi connectivity index (χ0n) is 6.95. The molecule has 66 valence electrons. The summed E-state index contributed by atoms with van der Waals surface area (Å²) in [5.41, 5.74) is 0. The molecular formula is C8H11NO3. The number of hydrogen-bond donors (Lipinski definition) is 0. The van der Waals surface area contributed by atoms with Crippen molar-refractivity contribution >= 4 is 5.97 Å². The minimum absolute atomic E-state index is 0.0531. The molecular weight excluding hydrogens is 158 g/mol. The number of hydrogen-bond acceptors (Lipinski definition) is 4. The van der Waals surface area contributed by atoms with Gasteiger partial charge in [-0.15, -0.1) is 0 Å². The molecule has 0 unspecified atom stereocenters. The molecule has 0 aromatic carbocycles. The number of allylic oxidation sites excluding steroid dienone is 1. The SMILES string of the molecule is CCCOCOC(=O)C=CC#N. The maximum absolute atomic E-state index is 10.6. The van der Waals surface area contributed by atoms with Crippen molar-refractivity contribution in [1.29, 1.82) is 5.26 Å². The summed E-state index contributed by atoms with van der Waals surface area (Å²) in [5.74, 6) is -0.562. The lowest BCUT2D eigenvalue weighted by molar-refractivity contribution is -0.150. The summed E-state index contributed by atoms with van der Waals surface area (Å²) in [6.07, 6.45) is 2.99. The molecule has 0 spiro atoms. The summed E-state index contributed by atoms with van der Waals surface area (Å²) in [6.45, 7) is 2.47. The predicted molar refractivity (Wildman–Crippen MR) is 42.0 cm³/mol. The van der Waals surface area contributed by atoms with E-state index in [1.807, 2.05) is 6.92 Å². The normalized spacial score (nSPS) is 9.67. The van der Waals surface area contributed by atoms with Gasteiger partial charge in [0.15, 0.2) is 6.79 Å². The van der Waals surface area contributed by atoms with Crippen molar-refractivity contribution in [3.05, 3.63) is 12.2 Å². The molecule has 4 nitrogen and oxygen atoms in total. The summed E-state index contributed by atoms with van der Waals surface area (Å²) < 4.78 is 9.42. The second kappa shape index (κ2) is 7.76. The molecule has 0 bridgehead atoms. The van der Waals surface area contributed by atoms with Crippen LogP contribution in [-0.2, 0) is 14.3 Å². The number of carbonyl (C=O) groups is 1. The number of nitriles is 1. The van der Waals surface area contributed by atoms with E-state index in [1.54, 1.807) is 6.07 Å². The Morgan fingerprint density at radius 3 is 3.00 bits per heavy atom. The average Bonchev–Trinajstić information content (AvgIpc) is 2.09. The van der Waals surface area contributed by atoms with Gasteiger partial charge in [0, 0.05) is 12.2 Å². The van der Waals surface area contributed by atoms with E-state index in [9.17, 15) is 4.79 Å². The molecule has 0 heterocycles. The first-order valence-electron chi connectivity index (χ1n) is 3.62. The van der Waals surface area contributed by atoms with E-state index < -0.39 is 5.97 Å². The maximum atomic E-state index is 10.6. The molecule has 0 aromatic heterocycles. The quantitative estimate of drug-likeness (QED) is 0.202. The minimum atomic E-state index is -0.562. The van der Waals surface area contributed by atoms with Crippen molar-refractivity contribution < 1.29 is 14.3 Å². The van der Waals surface area contributed by atoms with Gasteiger partial charge in [0.2, 0.25) is 0 Å². The van der Waals surface area contributed by atoms with E-state index in [4.69, 9.17) is 10.00 Å². The molecule has 0 amide bonds. The van der Waals surface area contributed by atoms with E-state index in [0.717, 1.165) is 18.6 Å². The summed E-state index contributed by atoms with van der Waals surface area (Å²) in [5, 5.41) is 8.05. The first kappa shape index (κ1) is 10.7. The zero-order valence-corrected chi connectivity index (χ0v) is 6.95. The van der Waals surface area contributed by atoms with Crippen LogP contribution in [0.15, 0.2) is 12.2 Å². The fourth-order valence-electron chi connectivity index (χ4n) is 0.456. The smallest absolute Gasteiger partial charge is 0.333 e. The predicted octanol–water partition coefficient (Wildman–Crippen LogP) is 0.993. The third-order valence-corrected chi connectivity index (χ3v) is 0.927. The van der Waals surface area contributed by atoms with Gasteiger partial charge in [0.1, 0.15) is 0 Å². The van der Waals surface area contributed by atoms with E-state index in [-0.39, 0.29) is 6.79 Å². The molecule has 0 aliphatic rings. The number of carbonyl (C=O) groups excluding carboxylic acids is 1. The zero-order chi connectivity index (χ0) is 9.23. The molecule has 0 radical (unpaired) electrons. The van der Waals surface area contributed by atoms with Crippen LogP contribution in [0, 0.1) is 11.3 Å². The molecule has 0 aliphatic heterocycles. The minimum Gasteiger partial charge on any atom is -0.435 e. The second-order valence-electron chi connectivity index (χ2n) is 1.95. The lowest BCUT2D eigenvalue weighted by Gasteiger charge is -2.00. The largest absolute Gasteiger partial charge is 0.435 e. The molecule has 0 atom stereocenters. The van der Waals surface area contributed by atoms with Crippen LogP contribution in [0.3, 0.4) is 0 Å². The van der Waals surface area contributed by atoms with Gasteiger partial charge in [-0.25, -0.2) is 4.79 Å². The monoisotopic (exact) mass is 169 g/mol. The Labute approximate surface area is 71.4 Å². The lowest BCUT2D eigenvalue weighted by atomic mass is 10.5. The number of rotatable bonds is 5. The van der Waals surface area contributed by atoms with Crippen molar-refractivity contribution in [3.8, 4) is 6.07 Å². The van der Waals surface area contributed by atoms with Gasteiger partial charge in [-0.1, -0.05) is 6.92 Å². The molecule has 0 aliphatic carbocycles. The number of ether oxygens (including phenoxy) is 2. The Hall–Kier alpha value is -1.34. The third-order valence-electron chi connectivity index (χ3n) is 0.927. The summed E-state index contributed by atoms with van der Waals surface area (Å²) in [7, 11) is 0. The number of nitrogens with zero attached hydrogens (tertiary/aromatic N) is 1. The van der Waals surface area contributed by atoms with Crippen LogP contribution >= 0.6 is 0 Å². The highest BCUT2D eigenvalue weighted by Gasteiger charge is 1.94. The van der Waals surface area contributed by atoms with Crippen LogP contribution in [0.25, 0.3) is 0 Å². The number of esters is 1. The molecule has 0 saturated heterocycles. The summed E-state index contributed by atoms with van der Waals surface area (Å²) in [6, 6.07) is 1.68. The third kappa shape index (κ3) is 6.78. The van der Waals surface area contributed by atoms with E-state index in [2.05, 4.69) is 4.74 Å². The molecule has 12 heavy (non-hydrogen) atoms. The van der Waals surface area contributed by atoms with Gasteiger partial charge in [0.25, 0.3) is 0 Å². The average molecular weight is 169 g/mol. The highest BCUT2D eigenvalue weighted by atomic mass is 16.7. The van der Waals surface area contributed by atoms with Crippen LogP contribution in [0.5, 0.6) is 0 Å². The second-order valence-corrected chi connectivity index (χ2v) is 1.95. The topological polar surface area (TPSA) is 59.3 Å². The van der Waals surface area contributed by atoms with Gasteiger partial charge < -0.3 is 9.47 Å². The lowest BCUT2D eigenvalue weighted by Crippen LogP contribution is -2.05. The maximum Gasteiger partial charge on any atom is 0.333 e. The van der Waals surface area contributed by atoms with Crippen LogP contribution in [0.4, 0.5) is 0 Å². The van der Waals surface area contributed by atoms with Crippen LogP contribution in [-0.4, -0.2) is 19.4 Å². The molecule has 0 saturated carbocycles. The molecule has 0 fully saturated rings. The Morgan fingerprint density at radius 2 is 2.42 bits per heavy atom. The Kier molecular flexibility index (Phi) is 6.90. The first-order valence-corrected chi connectivity index (χ1v) is 3.62. The fourth-order valence-corrected chi connectivity index (χ4v) is 0.456. The summed E-state index contributed by atoms with van der Waals surface area (Å²) >= 11 is 0. The van der Waals surface area contributed by atoms with E-state index in [0.29, 0.717) is 6.61 Å². The fraction of sp³-hybridized carbons (Fsp3) is 0.500. The molecule has 4 heteroatoms. The van der Waals surface area contributed by atoms with E-state index in [1.165, 1.54) is 0 Å². The van der Waals surface area contributed by atoms with Crippen molar-refractivity contribution in [3.63, 3.8) is 0 Å². The Balaban J connectivity index is 3.33. The van der Waals surface area contributed by atoms with Gasteiger partial charge in [-0.3, -0.25) is 0 Å². The van der Waals surface area contributed by atoms with Crippen molar-refractivity contribution in [2.75, 3.05) is 13.4 Å². The van der Waals surface area contributed by atoms with Crippen molar-refractivity contribution in [2.24, 2.45) is 0 Å². The standard InChI is InChI=1S/C8H11NO3/c1-2-6-11-7-12-8(10)4-3-5-9/h3-4H,2,6-7H2,1H3. The molecule has 0 N–H and O–H groups in total. The molecule has 0 aromatic rings. The highest BCUT2D eigenvalue weighted by molar-refractivity contribution is 5.82. The van der Waals surface area contributed by atoms with Gasteiger partial charge in [-0.05, 0) is 6.42 Å². The van der Waals surface area contributed by atoms with Crippen molar-refractivity contribution in [2.45, 2.75) is 13.3 Å².